The van der Waals surface area contributed by atoms with Gasteiger partial charge in [-0.05, 0) is 31.2 Å². The molecule has 0 aliphatic rings. The molecule has 106 valence electrons. The summed E-state index contributed by atoms with van der Waals surface area (Å²) >= 11 is 0. The summed E-state index contributed by atoms with van der Waals surface area (Å²) in [5.74, 6) is 2.14. The minimum absolute atomic E-state index is 0.243. The Hall–Kier alpha value is -2.17. The molecule has 0 saturated heterocycles. The van der Waals surface area contributed by atoms with Crippen LogP contribution in [-0.4, -0.2) is 23.6 Å². The molecule has 0 unspecified atom stereocenters. The second-order valence-corrected chi connectivity index (χ2v) is 4.45. The van der Waals surface area contributed by atoms with Crippen molar-refractivity contribution in [1.29, 1.82) is 0 Å². The van der Waals surface area contributed by atoms with Crippen LogP contribution in [0, 0.1) is 5.82 Å². The molecule has 0 fully saturated rings. The van der Waals surface area contributed by atoms with E-state index in [2.05, 4.69) is 15.3 Å². The zero-order valence-corrected chi connectivity index (χ0v) is 12.0. The zero-order valence-electron chi connectivity index (χ0n) is 12.0. The first kappa shape index (κ1) is 14.2. The number of aromatic nitrogens is 2. The Morgan fingerprint density at radius 2 is 1.85 bits per heavy atom. The fourth-order valence-corrected chi connectivity index (χ4v) is 1.88. The summed E-state index contributed by atoms with van der Waals surface area (Å²) in [5.41, 5.74) is 0.884. The number of aryl methyl sites for hydroxylation is 1. The lowest BCUT2D eigenvalue weighted by atomic mass is 10.3. The number of rotatable bonds is 5. The van der Waals surface area contributed by atoms with E-state index in [0.717, 1.165) is 36.1 Å². The van der Waals surface area contributed by atoms with Crippen LogP contribution in [0.15, 0.2) is 30.3 Å². The van der Waals surface area contributed by atoms with Crippen LogP contribution in [0.5, 0.6) is 0 Å². The van der Waals surface area contributed by atoms with Crippen molar-refractivity contribution in [2.75, 3.05) is 23.8 Å². The maximum atomic E-state index is 13.0. The summed E-state index contributed by atoms with van der Waals surface area (Å²) in [5, 5.41) is 3.20. The highest BCUT2D eigenvalue weighted by Gasteiger charge is 2.09. The maximum Gasteiger partial charge on any atom is 0.138 e. The molecule has 0 aliphatic heterocycles. The van der Waals surface area contributed by atoms with Crippen LogP contribution >= 0.6 is 0 Å². The molecule has 0 bridgehead atoms. The largest absolute Gasteiger partial charge is 0.370 e. The maximum absolute atomic E-state index is 13.0. The molecule has 1 aromatic carbocycles. The number of halogens is 1. The molecule has 2 aromatic rings. The molecular weight excluding hydrogens is 255 g/mol. The third kappa shape index (κ3) is 3.23. The molecule has 5 heteroatoms. The van der Waals surface area contributed by atoms with E-state index in [1.165, 1.54) is 12.1 Å². The van der Waals surface area contributed by atoms with Gasteiger partial charge in [0.05, 0.1) is 0 Å². The van der Waals surface area contributed by atoms with Crippen LogP contribution in [0.3, 0.4) is 0 Å². The van der Waals surface area contributed by atoms with Crippen molar-refractivity contribution in [3.63, 3.8) is 0 Å². The van der Waals surface area contributed by atoms with Crippen molar-refractivity contribution in [1.82, 2.24) is 9.97 Å². The molecule has 4 nitrogen and oxygen atoms in total. The molecule has 0 spiro atoms. The van der Waals surface area contributed by atoms with Crippen molar-refractivity contribution < 1.29 is 4.39 Å². The Balaban J connectivity index is 2.34. The number of hydrogen-bond donors (Lipinski definition) is 1. The lowest BCUT2D eigenvalue weighted by molar-refractivity contribution is 0.628. The predicted octanol–water partition coefficient (Wildman–Crippen LogP) is 3.38. The number of nitrogens with one attached hydrogen (secondary N) is 1. The van der Waals surface area contributed by atoms with E-state index >= 15 is 0 Å². The summed E-state index contributed by atoms with van der Waals surface area (Å²) in [6, 6.07) is 8.25. The molecule has 20 heavy (non-hydrogen) atoms. The highest BCUT2D eigenvalue weighted by Crippen LogP contribution is 2.23. The highest BCUT2D eigenvalue weighted by molar-refractivity contribution is 5.61. The fraction of sp³-hybridized carbons (Fsp3) is 0.333. The SMILES string of the molecule is CCNc1cc(N(C)c2ccc(F)cc2)nc(CC)n1. The lowest BCUT2D eigenvalue weighted by Gasteiger charge is -2.19. The van der Waals surface area contributed by atoms with Gasteiger partial charge in [0.1, 0.15) is 23.3 Å². The van der Waals surface area contributed by atoms with Gasteiger partial charge >= 0.3 is 0 Å². The molecule has 1 aromatic heterocycles. The average molecular weight is 274 g/mol. The van der Waals surface area contributed by atoms with Gasteiger partial charge in [0.15, 0.2) is 0 Å². The number of anilines is 3. The Labute approximate surface area is 118 Å². The third-order valence-electron chi connectivity index (χ3n) is 2.99. The average Bonchev–Trinajstić information content (AvgIpc) is 2.47. The summed E-state index contributed by atoms with van der Waals surface area (Å²) < 4.78 is 13.0. The van der Waals surface area contributed by atoms with E-state index in [9.17, 15) is 4.39 Å². The van der Waals surface area contributed by atoms with E-state index in [1.807, 2.05) is 31.9 Å². The van der Waals surface area contributed by atoms with Crippen molar-refractivity contribution in [3.05, 3.63) is 42.0 Å². The Morgan fingerprint density at radius 1 is 1.15 bits per heavy atom. The highest BCUT2D eigenvalue weighted by atomic mass is 19.1. The molecule has 0 atom stereocenters. The molecule has 0 amide bonds. The topological polar surface area (TPSA) is 41.0 Å². The minimum atomic E-state index is -0.243. The second-order valence-electron chi connectivity index (χ2n) is 4.45. The Bertz CT molecular complexity index is 569. The molecule has 0 saturated carbocycles. The van der Waals surface area contributed by atoms with Gasteiger partial charge in [-0.1, -0.05) is 6.92 Å². The van der Waals surface area contributed by atoms with Gasteiger partial charge in [-0.2, -0.15) is 0 Å². The third-order valence-corrected chi connectivity index (χ3v) is 2.99. The van der Waals surface area contributed by atoms with Crippen molar-refractivity contribution in [3.8, 4) is 0 Å². The molecule has 0 radical (unpaired) electrons. The first-order valence-electron chi connectivity index (χ1n) is 6.75. The Kier molecular flexibility index (Phi) is 4.50. The lowest BCUT2D eigenvalue weighted by Crippen LogP contribution is -2.14. The molecule has 2 rings (SSSR count). The van der Waals surface area contributed by atoms with Crippen LogP contribution in [0.25, 0.3) is 0 Å². The smallest absolute Gasteiger partial charge is 0.138 e. The van der Waals surface area contributed by atoms with Gasteiger partial charge < -0.3 is 10.2 Å². The molecule has 1 N–H and O–H groups in total. The Morgan fingerprint density at radius 3 is 2.45 bits per heavy atom. The van der Waals surface area contributed by atoms with Crippen LogP contribution in [0.1, 0.15) is 19.7 Å². The first-order chi connectivity index (χ1) is 9.63. The van der Waals surface area contributed by atoms with Crippen molar-refractivity contribution >= 4 is 17.3 Å². The van der Waals surface area contributed by atoms with Gasteiger partial charge in [-0.25, -0.2) is 14.4 Å². The first-order valence-corrected chi connectivity index (χ1v) is 6.75. The molecular formula is C15H19FN4. The van der Waals surface area contributed by atoms with Crippen molar-refractivity contribution in [2.24, 2.45) is 0 Å². The van der Waals surface area contributed by atoms with E-state index in [0.29, 0.717) is 0 Å². The van der Waals surface area contributed by atoms with E-state index in [1.54, 1.807) is 12.1 Å². The summed E-state index contributed by atoms with van der Waals surface area (Å²) in [6.07, 6.45) is 0.767. The van der Waals surface area contributed by atoms with E-state index < -0.39 is 0 Å². The van der Waals surface area contributed by atoms with Crippen LogP contribution in [0.2, 0.25) is 0 Å². The molecule has 1 heterocycles. The van der Waals surface area contributed by atoms with E-state index in [4.69, 9.17) is 0 Å². The summed E-state index contributed by atoms with van der Waals surface area (Å²) in [7, 11) is 1.91. The standard InChI is InChI=1S/C15H19FN4/c1-4-13-18-14(17-5-2)10-15(19-13)20(3)12-8-6-11(16)7-9-12/h6-10H,4-5H2,1-3H3,(H,17,18,19). The normalized spacial score (nSPS) is 10.4. The van der Waals surface area contributed by atoms with E-state index in [-0.39, 0.29) is 5.82 Å². The fourth-order valence-electron chi connectivity index (χ4n) is 1.88. The van der Waals surface area contributed by atoms with Gasteiger partial charge in [0.2, 0.25) is 0 Å². The van der Waals surface area contributed by atoms with Crippen LogP contribution in [0.4, 0.5) is 21.7 Å². The minimum Gasteiger partial charge on any atom is -0.370 e. The number of nitrogens with zero attached hydrogens (tertiary/aromatic N) is 3. The number of hydrogen-bond acceptors (Lipinski definition) is 4. The van der Waals surface area contributed by atoms with Crippen LogP contribution in [-0.2, 0) is 6.42 Å². The quantitative estimate of drug-likeness (QED) is 0.907. The van der Waals surface area contributed by atoms with Gasteiger partial charge in [0.25, 0.3) is 0 Å². The number of benzene rings is 1. The second kappa shape index (κ2) is 6.32. The van der Waals surface area contributed by atoms with Gasteiger partial charge in [-0.15, -0.1) is 0 Å². The van der Waals surface area contributed by atoms with Gasteiger partial charge in [-0.3, -0.25) is 0 Å². The predicted molar refractivity (Wildman–Crippen MR) is 80.0 cm³/mol. The molecule has 0 aliphatic carbocycles. The summed E-state index contributed by atoms with van der Waals surface area (Å²) in [6.45, 7) is 4.85. The monoisotopic (exact) mass is 274 g/mol. The van der Waals surface area contributed by atoms with Crippen molar-refractivity contribution in [2.45, 2.75) is 20.3 Å². The zero-order chi connectivity index (χ0) is 14.5. The van der Waals surface area contributed by atoms with Crippen LogP contribution < -0.4 is 10.2 Å². The summed E-state index contributed by atoms with van der Waals surface area (Å²) in [4.78, 5) is 10.9. The van der Waals surface area contributed by atoms with Gasteiger partial charge in [0, 0.05) is 31.8 Å².